The SMILES string of the molecule is O=C(O)c1ccc(S(=O)(=O)NC2CCNCC2)o1. The molecule has 1 aliphatic heterocycles. The molecule has 18 heavy (non-hydrogen) atoms. The zero-order valence-electron chi connectivity index (χ0n) is 9.55. The highest BCUT2D eigenvalue weighted by molar-refractivity contribution is 7.89. The fourth-order valence-corrected chi connectivity index (χ4v) is 3.03. The smallest absolute Gasteiger partial charge is 0.371 e. The Morgan fingerprint density at radius 2 is 2.06 bits per heavy atom. The van der Waals surface area contributed by atoms with Gasteiger partial charge in [0.15, 0.2) is 0 Å². The molecule has 1 aliphatic rings. The first kappa shape index (κ1) is 13.1. The Kier molecular flexibility index (Phi) is 3.69. The summed E-state index contributed by atoms with van der Waals surface area (Å²) in [4.78, 5) is 10.6. The molecule has 0 aliphatic carbocycles. The quantitative estimate of drug-likeness (QED) is 0.713. The van der Waals surface area contributed by atoms with Crippen LogP contribution in [-0.2, 0) is 10.0 Å². The second kappa shape index (κ2) is 5.09. The summed E-state index contributed by atoms with van der Waals surface area (Å²) in [6, 6.07) is 2.13. The lowest BCUT2D eigenvalue weighted by Gasteiger charge is -2.22. The van der Waals surface area contributed by atoms with Gasteiger partial charge in [0.1, 0.15) is 0 Å². The lowest BCUT2D eigenvalue weighted by molar-refractivity contribution is 0.0656. The molecule has 1 aromatic heterocycles. The Labute approximate surface area is 104 Å². The molecule has 0 bridgehead atoms. The molecule has 0 radical (unpaired) electrons. The highest BCUT2D eigenvalue weighted by atomic mass is 32.2. The lowest BCUT2D eigenvalue weighted by Crippen LogP contribution is -2.42. The molecule has 100 valence electrons. The molecular weight excluding hydrogens is 260 g/mol. The van der Waals surface area contributed by atoms with E-state index in [1.807, 2.05) is 0 Å². The Hall–Kier alpha value is -1.38. The van der Waals surface area contributed by atoms with Crippen LogP contribution in [0, 0.1) is 0 Å². The molecule has 7 nitrogen and oxygen atoms in total. The van der Waals surface area contributed by atoms with E-state index in [1.165, 1.54) is 0 Å². The minimum Gasteiger partial charge on any atom is -0.475 e. The van der Waals surface area contributed by atoms with Crippen LogP contribution in [-0.4, -0.2) is 38.6 Å². The Morgan fingerprint density at radius 1 is 1.39 bits per heavy atom. The molecule has 8 heteroatoms. The first-order chi connectivity index (χ1) is 8.49. The summed E-state index contributed by atoms with van der Waals surface area (Å²) in [6.45, 7) is 1.51. The van der Waals surface area contributed by atoms with Crippen molar-refractivity contribution in [3.8, 4) is 0 Å². The standard InChI is InChI=1S/C10H14N2O5S/c13-10(14)8-1-2-9(17-8)18(15,16)12-7-3-5-11-6-4-7/h1-2,7,11-12H,3-6H2,(H,13,14). The molecule has 0 unspecified atom stereocenters. The summed E-state index contributed by atoms with van der Waals surface area (Å²) in [5, 5.41) is 11.4. The number of carboxylic acid groups (broad SMARTS) is 1. The maximum absolute atomic E-state index is 11.9. The van der Waals surface area contributed by atoms with Crippen molar-refractivity contribution in [3.63, 3.8) is 0 Å². The summed E-state index contributed by atoms with van der Waals surface area (Å²) in [6.07, 6.45) is 1.40. The molecule has 0 aromatic carbocycles. The van der Waals surface area contributed by atoms with Gasteiger partial charge in [-0.2, -0.15) is 0 Å². The summed E-state index contributed by atoms with van der Waals surface area (Å²) in [5.74, 6) is -1.68. The van der Waals surface area contributed by atoms with Crippen LogP contribution in [0.15, 0.2) is 21.6 Å². The maximum Gasteiger partial charge on any atom is 0.371 e. The zero-order chi connectivity index (χ0) is 13.2. The van der Waals surface area contributed by atoms with E-state index in [0.717, 1.165) is 25.2 Å². The number of hydrogen-bond donors (Lipinski definition) is 3. The van der Waals surface area contributed by atoms with Crippen molar-refractivity contribution in [3.05, 3.63) is 17.9 Å². The number of carbonyl (C=O) groups is 1. The number of sulfonamides is 1. The second-order valence-corrected chi connectivity index (χ2v) is 5.71. The van der Waals surface area contributed by atoms with Crippen LogP contribution < -0.4 is 10.0 Å². The van der Waals surface area contributed by atoms with Crippen LogP contribution in [0.25, 0.3) is 0 Å². The normalized spacial score (nSPS) is 17.8. The van der Waals surface area contributed by atoms with Crippen LogP contribution in [0.4, 0.5) is 0 Å². The lowest BCUT2D eigenvalue weighted by atomic mass is 10.1. The molecule has 1 fully saturated rings. The summed E-state index contributed by atoms with van der Waals surface area (Å²) in [5.41, 5.74) is 0. The predicted octanol–water partition coefficient (Wildman–Crippen LogP) is 0.00810. The first-order valence-electron chi connectivity index (χ1n) is 5.55. The van der Waals surface area contributed by atoms with Gasteiger partial charge in [-0.05, 0) is 38.1 Å². The molecular formula is C10H14N2O5S. The Morgan fingerprint density at radius 3 is 2.61 bits per heavy atom. The number of carboxylic acids is 1. The van der Waals surface area contributed by atoms with Gasteiger partial charge in [-0.25, -0.2) is 17.9 Å². The van der Waals surface area contributed by atoms with E-state index in [2.05, 4.69) is 10.0 Å². The molecule has 0 amide bonds. The monoisotopic (exact) mass is 274 g/mol. The number of rotatable bonds is 4. The number of aromatic carboxylic acids is 1. The number of furan rings is 1. The molecule has 0 saturated carbocycles. The van der Waals surface area contributed by atoms with Gasteiger partial charge in [-0.3, -0.25) is 0 Å². The maximum atomic E-state index is 11.9. The van der Waals surface area contributed by atoms with Gasteiger partial charge in [0.25, 0.3) is 10.0 Å². The van der Waals surface area contributed by atoms with E-state index in [0.29, 0.717) is 12.8 Å². The van der Waals surface area contributed by atoms with E-state index in [1.54, 1.807) is 0 Å². The van der Waals surface area contributed by atoms with Crippen molar-refractivity contribution >= 4 is 16.0 Å². The van der Waals surface area contributed by atoms with Crippen molar-refractivity contribution in [1.82, 2.24) is 10.0 Å². The van der Waals surface area contributed by atoms with Gasteiger partial charge in [0.05, 0.1) is 0 Å². The molecule has 0 spiro atoms. The summed E-state index contributed by atoms with van der Waals surface area (Å²) >= 11 is 0. The van der Waals surface area contributed by atoms with Crippen molar-refractivity contribution in [1.29, 1.82) is 0 Å². The van der Waals surface area contributed by atoms with Crippen LogP contribution in [0.2, 0.25) is 0 Å². The largest absolute Gasteiger partial charge is 0.475 e. The van der Waals surface area contributed by atoms with Gasteiger partial charge in [-0.1, -0.05) is 0 Å². The summed E-state index contributed by atoms with van der Waals surface area (Å²) < 4.78 is 31.1. The van der Waals surface area contributed by atoms with E-state index in [-0.39, 0.29) is 16.9 Å². The molecule has 3 N–H and O–H groups in total. The third-order valence-electron chi connectivity index (χ3n) is 2.72. The topological polar surface area (TPSA) is 109 Å². The van der Waals surface area contributed by atoms with Crippen molar-refractivity contribution in [2.75, 3.05) is 13.1 Å². The molecule has 1 saturated heterocycles. The fourth-order valence-electron chi connectivity index (χ4n) is 1.80. The Bertz CT molecular complexity index is 530. The van der Waals surface area contributed by atoms with Crippen LogP contribution in [0.3, 0.4) is 0 Å². The third-order valence-corrected chi connectivity index (χ3v) is 4.11. The van der Waals surface area contributed by atoms with Crippen LogP contribution in [0.1, 0.15) is 23.4 Å². The second-order valence-electron chi connectivity index (χ2n) is 4.07. The van der Waals surface area contributed by atoms with E-state index in [4.69, 9.17) is 9.52 Å². The average Bonchev–Trinajstić information content (AvgIpc) is 2.79. The Balaban J connectivity index is 2.11. The van der Waals surface area contributed by atoms with Gasteiger partial charge in [0, 0.05) is 6.04 Å². The van der Waals surface area contributed by atoms with E-state index < -0.39 is 16.0 Å². The van der Waals surface area contributed by atoms with Gasteiger partial charge >= 0.3 is 5.97 Å². The number of nitrogens with one attached hydrogen (secondary N) is 2. The number of hydrogen-bond acceptors (Lipinski definition) is 5. The fraction of sp³-hybridized carbons (Fsp3) is 0.500. The van der Waals surface area contributed by atoms with Gasteiger partial charge in [0.2, 0.25) is 10.9 Å². The minimum absolute atomic E-state index is 0.144. The van der Waals surface area contributed by atoms with Crippen molar-refractivity contribution in [2.45, 2.75) is 24.0 Å². The third kappa shape index (κ3) is 2.89. The minimum atomic E-state index is -3.78. The number of piperidine rings is 1. The highest BCUT2D eigenvalue weighted by Crippen LogP contribution is 2.15. The first-order valence-corrected chi connectivity index (χ1v) is 7.03. The predicted molar refractivity (Wildman–Crippen MR) is 61.9 cm³/mol. The van der Waals surface area contributed by atoms with Crippen molar-refractivity contribution < 1.29 is 22.7 Å². The average molecular weight is 274 g/mol. The molecule has 2 rings (SSSR count). The van der Waals surface area contributed by atoms with Crippen molar-refractivity contribution in [2.24, 2.45) is 0 Å². The van der Waals surface area contributed by atoms with Gasteiger partial charge in [-0.15, -0.1) is 0 Å². The van der Waals surface area contributed by atoms with Gasteiger partial charge < -0.3 is 14.8 Å². The summed E-state index contributed by atoms with van der Waals surface area (Å²) in [7, 11) is -3.78. The molecule has 1 aromatic rings. The van der Waals surface area contributed by atoms with Crippen LogP contribution in [0.5, 0.6) is 0 Å². The molecule has 2 heterocycles. The van der Waals surface area contributed by atoms with E-state index in [9.17, 15) is 13.2 Å². The van der Waals surface area contributed by atoms with Crippen LogP contribution >= 0.6 is 0 Å². The van der Waals surface area contributed by atoms with E-state index >= 15 is 0 Å². The zero-order valence-corrected chi connectivity index (χ0v) is 10.4. The highest BCUT2D eigenvalue weighted by Gasteiger charge is 2.25. The molecule has 0 atom stereocenters.